The number of hydrogen-bond donors (Lipinski definition) is 1. The zero-order valence-electron chi connectivity index (χ0n) is 15.3. The molecule has 134 valence electrons. The van der Waals surface area contributed by atoms with Gasteiger partial charge in [-0.25, -0.2) is 4.79 Å². The van der Waals surface area contributed by atoms with Gasteiger partial charge in [-0.3, -0.25) is 0 Å². The number of nitrogens with one attached hydrogen (secondary N) is 1. The van der Waals surface area contributed by atoms with Gasteiger partial charge in [-0.15, -0.1) is 0 Å². The maximum atomic E-state index is 12.4. The molecule has 0 bridgehead atoms. The molecule has 0 aromatic rings. The van der Waals surface area contributed by atoms with Gasteiger partial charge in [0.25, 0.3) is 0 Å². The minimum atomic E-state index is -0.452. The van der Waals surface area contributed by atoms with Gasteiger partial charge in [0, 0.05) is 12.6 Å². The van der Waals surface area contributed by atoms with Crippen LogP contribution in [0.25, 0.3) is 0 Å². The predicted octanol–water partition coefficient (Wildman–Crippen LogP) is 3.18. The minimum absolute atomic E-state index is 0.101. The van der Waals surface area contributed by atoms with Gasteiger partial charge in [-0.1, -0.05) is 12.8 Å². The normalized spacial score (nSPS) is 23.7. The Morgan fingerprint density at radius 2 is 2.13 bits per heavy atom. The molecule has 5 heteroatoms. The Balaban J connectivity index is 1.74. The number of carbonyl (C=O) groups excluding carboxylic acids is 1. The molecule has 2 unspecified atom stereocenters. The second-order valence-electron chi connectivity index (χ2n) is 8.08. The molecular formula is C18H34N2O3. The Bertz CT molecular complexity index is 377. The highest BCUT2D eigenvalue weighted by atomic mass is 16.6. The Hall–Kier alpha value is -0.810. The highest BCUT2D eigenvalue weighted by molar-refractivity contribution is 5.68. The van der Waals surface area contributed by atoms with Crippen molar-refractivity contribution >= 4 is 6.09 Å². The van der Waals surface area contributed by atoms with Crippen LogP contribution in [0.15, 0.2) is 0 Å². The van der Waals surface area contributed by atoms with Crippen molar-refractivity contribution in [2.75, 3.05) is 26.3 Å². The molecule has 1 aliphatic heterocycles. The molecule has 1 saturated heterocycles. The summed E-state index contributed by atoms with van der Waals surface area (Å²) in [5, 5.41) is 3.59. The van der Waals surface area contributed by atoms with Gasteiger partial charge in [0.2, 0.25) is 0 Å². The molecule has 2 aliphatic rings. The number of amides is 1. The van der Waals surface area contributed by atoms with Crippen molar-refractivity contribution in [3.63, 3.8) is 0 Å². The lowest BCUT2D eigenvalue weighted by molar-refractivity contribution is -0.0355. The molecule has 0 spiro atoms. The average molecular weight is 326 g/mol. The Morgan fingerprint density at radius 1 is 1.39 bits per heavy atom. The Labute approximate surface area is 141 Å². The second kappa shape index (κ2) is 8.34. The lowest BCUT2D eigenvalue weighted by atomic mass is 10.1. The van der Waals surface area contributed by atoms with Crippen molar-refractivity contribution in [3.8, 4) is 0 Å². The van der Waals surface area contributed by atoms with Gasteiger partial charge in [-0.05, 0) is 59.4 Å². The summed E-state index contributed by atoms with van der Waals surface area (Å²) in [5.41, 5.74) is -0.452. The van der Waals surface area contributed by atoms with E-state index in [9.17, 15) is 4.79 Å². The van der Waals surface area contributed by atoms with E-state index in [1.54, 1.807) is 0 Å². The highest BCUT2D eigenvalue weighted by Crippen LogP contribution is 2.33. The molecule has 1 N–H and O–H groups in total. The molecule has 2 atom stereocenters. The molecule has 0 radical (unpaired) electrons. The fourth-order valence-corrected chi connectivity index (χ4v) is 3.05. The maximum absolute atomic E-state index is 12.4. The third-order valence-corrected chi connectivity index (χ3v) is 4.46. The van der Waals surface area contributed by atoms with Gasteiger partial charge < -0.3 is 19.7 Å². The molecule has 0 aromatic heterocycles. The van der Waals surface area contributed by atoms with E-state index in [0.29, 0.717) is 25.8 Å². The summed E-state index contributed by atoms with van der Waals surface area (Å²) in [6.45, 7) is 10.8. The van der Waals surface area contributed by atoms with Crippen molar-refractivity contribution in [2.24, 2.45) is 5.92 Å². The predicted molar refractivity (Wildman–Crippen MR) is 91.6 cm³/mol. The van der Waals surface area contributed by atoms with Gasteiger partial charge in [0.15, 0.2) is 0 Å². The first-order chi connectivity index (χ1) is 10.8. The zero-order chi connectivity index (χ0) is 16.9. The van der Waals surface area contributed by atoms with Crippen LogP contribution in [0, 0.1) is 5.92 Å². The third kappa shape index (κ3) is 7.08. The molecule has 1 heterocycles. The van der Waals surface area contributed by atoms with Gasteiger partial charge in [0.1, 0.15) is 5.60 Å². The Kier molecular flexibility index (Phi) is 6.72. The first-order valence-electron chi connectivity index (χ1n) is 9.16. The summed E-state index contributed by atoms with van der Waals surface area (Å²) in [7, 11) is 0. The number of hydrogen-bond acceptors (Lipinski definition) is 4. The molecule has 1 amide bonds. The van der Waals surface area contributed by atoms with Crippen molar-refractivity contribution < 1.29 is 14.3 Å². The van der Waals surface area contributed by atoms with Crippen molar-refractivity contribution in [2.45, 2.75) is 77.5 Å². The number of nitrogens with zero attached hydrogens (tertiary/aromatic N) is 1. The molecule has 5 nitrogen and oxygen atoms in total. The van der Waals surface area contributed by atoms with Crippen LogP contribution in [-0.2, 0) is 9.47 Å². The lowest BCUT2D eigenvalue weighted by Gasteiger charge is -2.37. The summed E-state index contributed by atoms with van der Waals surface area (Å²) in [5.74, 6) is 1.00. The van der Waals surface area contributed by atoms with Crippen LogP contribution in [-0.4, -0.2) is 55.0 Å². The van der Waals surface area contributed by atoms with Gasteiger partial charge in [-0.2, -0.15) is 0 Å². The topological polar surface area (TPSA) is 50.8 Å². The monoisotopic (exact) mass is 326 g/mol. The minimum Gasteiger partial charge on any atom is -0.444 e. The molecular weight excluding hydrogens is 292 g/mol. The van der Waals surface area contributed by atoms with E-state index in [1.807, 2.05) is 25.7 Å². The summed E-state index contributed by atoms with van der Waals surface area (Å²) < 4.78 is 11.1. The maximum Gasteiger partial charge on any atom is 0.410 e. The van der Waals surface area contributed by atoms with Gasteiger partial charge in [0.05, 0.1) is 19.3 Å². The molecule has 23 heavy (non-hydrogen) atoms. The third-order valence-electron chi connectivity index (χ3n) is 4.46. The largest absolute Gasteiger partial charge is 0.444 e. The fraction of sp³-hybridized carbons (Fsp3) is 0.944. The van der Waals surface area contributed by atoms with Crippen LogP contribution >= 0.6 is 0 Å². The number of ether oxygens (including phenoxy) is 2. The van der Waals surface area contributed by atoms with Gasteiger partial charge >= 0.3 is 6.09 Å². The quantitative estimate of drug-likeness (QED) is 0.730. The molecule has 1 saturated carbocycles. The molecule has 2 fully saturated rings. The van der Waals surface area contributed by atoms with E-state index in [4.69, 9.17) is 9.47 Å². The van der Waals surface area contributed by atoms with E-state index in [2.05, 4.69) is 12.2 Å². The van der Waals surface area contributed by atoms with Crippen molar-refractivity contribution in [3.05, 3.63) is 0 Å². The van der Waals surface area contributed by atoms with Crippen LogP contribution in [0.1, 0.15) is 59.8 Å². The first kappa shape index (κ1) is 18.5. The SMILES string of the molecule is CC(CC1COCCN1C(=O)OC(C)(C)C)NCCCC1CC1. The number of rotatable bonds is 7. The van der Waals surface area contributed by atoms with E-state index in [0.717, 1.165) is 18.9 Å². The number of carbonyl (C=O) groups is 1. The van der Waals surface area contributed by atoms with Crippen molar-refractivity contribution in [1.82, 2.24) is 10.2 Å². The first-order valence-corrected chi connectivity index (χ1v) is 9.16. The standard InChI is InChI=1S/C18H34N2O3/c1-14(19-9-5-6-15-7-8-15)12-16-13-22-11-10-20(16)17(21)23-18(2,3)4/h14-16,19H,5-13H2,1-4H3. The van der Waals surface area contributed by atoms with Crippen LogP contribution in [0.3, 0.4) is 0 Å². The smallest absolute Gasteiger partial charge is 0.410 e. The van der Waals surface area contributed by atoms with E-state index in [-0.39, 0.29) is 12.1 Å². The summed E-state index contributed by atoms with van der Waals surface area (Å²) in [6.07, 6.45) is 6.16. The lowest BCUT2D eigenvalue weighted by Crippen LogP contribution is -2.52. The second-order valence-corrected chi connectivity index (χ2v) is 8.08. The van der Waals surface area contributed by atoms with E-state index < -0.39 is 5.60 Å². The fourth-order valence-electron chi connectivity index (χ4n) is 3.05. The van der Waals surface area contributed by atoms with Crippen LogP contribution < -0.4 is 5.32 Å². The average Bonchev–Trinajstić information content (AvgIpc) is 3.26. The van der Waals surface area contributed by atoms with E-state index in [1.165, 1.54) is 25.7 Å². The highest BCUT2D eigenvalue weighted by Gasteiger charge is 2.31. The van der Waals surface area contributed by atoms with Crippen LogP contribution in [0.4, 0.5) is 4.79 Å². The number of morpholine rings is 1. The summed E-state index contributed by atoms with van der Waals surface area (Å²) in [4.78, 5) is 14.2. The molecule has 1 aliphatic carbocycles. The van der Waals surface area contributed by atoms with Crippen molar-refractivity contribution in [1.29, 1.82) is 0 Å². The van der Waals surface area contributed by atoms with Crippen LogP contribution in [0.2, 0.25) is 0 Å². The Morgan fingerprint density at radius 3 is 2.78 bits per heavy atom. The van der Waals surface area contributed by atoms with Crippen LogP contribution in [0.5, 0.6) is 0 Å². The summed E-state index contributed by atoms with van der Waals surface area (Å²) in [6, 6.07) is 0.482. The molecule has 2 rings (SSSR count). The zero-order valence-corrected chi connectivity index (χ0v) is 15.3. The van der Waals surface area contributed by atoms with E-state index >= 15 is 0 Å². The molecule has 0 aromatic carbocycles. The summed E-state index contributed by atoms with van der Waals surface area (Å²) >= 11 is 0.